The van der Waals surface area contributed by atoms with Crippen molar-refractivity contribution in [3.05, 3.63) is 18.0 Å². The molecule has 21 heavy (non-hydrogen) atoms. The van der Waals surface area contributed by atoms with Gasteiger partial charge in [0.1, 0.15) is 12.4 Å². The standard InChI is InChI=1S/C13H16N4O4/c1-19-3-4-21-10-5-7-8(6-9(10)20-2)16-13(12(15)18)17-11(7)14/h5-6H,3-4H2,1-2H3,(H2,15,18)(H2,14,16,17). The molecule has 0 aliphatic rings. The number of benzene rings is 1. The van der Waals surface area contributed by atoms with Crippen LogP contribution in [-0.4, -0.2) is 43.3 Å². The fraction of sp³-hybridized carbons (Fsp3) is 0.308. The molecule has 1 aromatic heterocycles. The average Bonchev–Trinajstić information content (AvgIpc) is 2.47. The van der Waals surface area contributed by atoms with E-state index < -0.39 is 5.91 Å². The summed E-state index contributed by atoms with van der Waals surface area (Å²) in [7, 11) is 3.09. The Balaban J connectivity index is 2.50. The summed E-state index contributed by atoms with van der Waals surface area (Å²) >= 11 is 0. The first-order valence-corrected chi connectivity index (χ1v) is 6.13. The maximum atomic E-state index is 11.2. The molecule has 0 bridgehead atoms. The highest BCUT2D eigenvalue weighted by atomic mass is 16.5. The van der Waals surface area contributed by atoms with Gasteiger partial charge in [-0.2, -0.15) is 0 Å². The third kappa shape index (κ3) is 3.11. The number of fused-ring (bicyclic) bond motifs is 1. The summed E-state index contributed by atoms with van der Waals surface area (Å²) in [6.07, 6.45) is 0. The van der Waals surface area contributed by atoms with Gasteiger partial charge in [0.2, 0.25) is 5.82 Å². The highest BCUT2D eigenvalue weighted by Crippen LogP contribution is 2.33. The molecule has 0 radical (unpaired) electrons. The first-order valence-electron chi connectivity index (χ1n) is 6.13. The van der Waals surface area contributed by atoms with E-state index in [0.29, 0.717) is 35.6 Å². The van der Waals surface area contributed by atoms with Crippen molar-refractivity contribution < 1.29 is 19.0 Å². The van der Waals surface area contributed by atoms with Crippen LogP contribution in [0.15, 0.2) is 12.1 Å². The second kappa shape index (κ2) is 6.23. The number of rotatable bonds is 6. The van der Waals surface area contributed by atoms with E-state index in [0.717, 1.165) is 0 Å². The molecule has 112 valence electrons. The lowest BCUT2D eigenvalue weighted by atomic mass is 10.2. The van der Waals surface area contributed by atoms with E-state index in [2.05, 4.69) is 9.97 Å². The third-order valence-electron chi connectivity index (χ3n) is 2.78. The first-order chi connectivity index (χ1) is 10.1. The number of aromatic nitrogens is 2. The molecule has 1 aromatic carbocycles. The van der Waals surface area contributed by atoms with Gasteiger partial charge in [0.05, 0.1) is 19.2 Å². The second-order valence-electron chi connectivity index (χ2n) is 4.16. The Kier molecular flexibility index (Phi) is 4.39. The van der Waals surface area contributed by atoms with Crippen LogP contribution in [0.4, 0.5) is 5.82 Å². The summed E-state index contributed by atoms with van der Waals surface area (Å²) in [5, 5.41) is 0.549. The van der Waals surface area contributed by atoms with Gasteiger partial charge in [0.15, 0.2) is 11.5 Å². The van der Waals surface area contributed by atoms with Gasteiger partial charge >= 0.3 is 0 Å². The fourth-order valence-corrected chi connectivity index (χ4v) is 1.78. The van der Waals surface area contributed by atoms with Crippen LogP contribution in [0.2, 0.25) is 0 Å². The van der Waals surface area contributed by atoms with Gasteiger partial charge in [-0.05, 0) is 6.07 Å². The summed E-state index contributed by atoms with van der Waals surface area (Å²) in [6.45, 7) is 0.798. The number of primary amides is 1. The molecular formula is C13H16N4O4. The Morgan fingerprint density at radius 3 is 2.57 bits per heavy atom. The van der Waals surface area contributed by atoms with Crippen molar-refractivity contribution in [3.8, 4) is 11.5 Å². The molecule has 4 N–H and O–H groups in total. The van der Waals surface area contributed by atoms with E-state index in [9.17, 15) is 4.79 Å². The SMILES string of the molecule is COCCOc1cc2c(N)nc(C(N)=O)nc2cc1OC. The summed E-state index contributed by atoms with van der Waals surface area (Å²) < 4.78 is 15.7. The lowest BCUT2D eigenvalue weighted by molar-refractivity contribution is 0.0991. The molecule has 0 aliphatic carbocycles. The minimum atomic E-state index is -0.747. The monoisotopic (exact) mass is 292 g/mol. The molecule has 2 aromatic rings. The van der Waals surface area contributed by atoms with Crippen molar-refractivity contribution >= 4 is 22.6 Å². The average molecular weight is 292 g/mol. The van der Waals surface area contributed by atoms with Crippen LogP contribution in [-0.2, 0) is 4.74 Å². The van der Waals surface area contributed by atoms with E-state index >= 15 is 0 Å². The fourth-order valence-electron chi connectivity index (χ4n) is 1.78. The van der Waals surface area contributed by atoms with E-state index in [1.807, 2.05) is 0 Å². The smallest absolute Gasteiger partial charge is 0.286 e. The van der Waals surface area contributed by atoms with Gasteiger partial charge < -0.3 is 25.7 Å². The van der Waals surface area contributed by atoms with Gasteiger partial charge in [-0.3, -0.25) is 4.79 Å². The molecule has 1 heterocycles. The van der Waals surface area contributed by atoms with Crippen LogP contribution in [0.3, 0.4) is 0 Å². The Bertz CT molecular complexity index is 675. The number of amides is 1. The van der Waals surface area contributed by atoms with Crippen molar-refractivity contribution in [3.63, 3.8) is 0 Å². The highest BCUT2D eigenvalue weighted by Gasteiger charge is 2.14. The number of nitrogens with two attached hydrogens (primary N) is 2. The van der Waals surface area contributed by atoms with Crippen molar-refractivity contribution in [2.24, 2.45) is 5.73 Å². The third-order valence-corrected chi connectivity index (χ3v) is 2.78. The van der Waals surface area contributed by atoms with Crippen LogP contribution in [0.5, 0.6) is 11.5 Å². The zero-order chi connectivity index (χ0) is 15.4. The van der Waals surface area contributed by atoms with Crippen molar-refractivity contribution in [1.29, 1.82) is 0 Å². The predicted molar refractivity (Wildman–Crippen MR) is 76.4 cm³/mol. The maximum absolute atomic E-state index is 11.2. The van der Waals surface area contributed by atoms with Crippen LogP contribution in [0, 0.1) is 0 Å². The zero-order valence-electron chi connectivity index (χ0n) is 11.8. The highest BCUT2D eigenvalue weighted by molar-refractivity contribution is 5.96. The number of hydrogen-bond donors (Lipinski definition) is 2. The summed E-state index contributed by atoms with van der Waals surface area (Å²) in [5.74, 6) is 0.211. The number of carbonyl (C=O) groups excluding carboxylic acids is 1. The number of methoxy groups -OCH3 is 2. The molecule has 0 spiro atoms. The van der Waals surface area contributed by atoms with Gasteiger partial charge in [0.25, 0.3) is 5.91 Å². The number of anilines is 1. The van der Waals surface area contributed by atoms with Crippen molar-refractivity contribution in [2.75, 3.05) is 33.2 Å². The van der Waals surface area contributed by atoms with Gasteiger partial charge in [-0.25, -0.2) is 9.97 Å². The predicted octanol–water partition coefficient (Wildman–Crippen LogP) is 0.345. The van der Waals surface area contributed by atoms with E-state index in [1.165, 1.54) is 7.11 Å². The molecule has 0 atom stereocenters. The van der Waals surface area contributed by atoms with Crippen LogP contribution in [0.25, 0.3) is 10.9 Å². The van der Waals surface area contributed by atoms with Gasteiger partial charge in [-0.1, -0.05) is 0 Å². The maximum Gasteiger partial charge on any atom is 0.286 e. The largest absolute Gasteiger partial charge is 0.493 e. The summed E-state index contributed by atoms with van der Waals surface area (Å²) in [5.41, 5.74) is 11.4. The lowest BCUT2D eigenvalue weighted by Gasteiger charge is -2.12. The first kappa shape index (κ1) is 14.8. The Morgan fingerprint density at radius 2 is 1.95 bits per heavy atom. The molecule has 2 rings (SSSR count). The lowest BCUT2D eigenvalue weighted by Crippen LogP contribution is -2.16. The van der Waals surface area contributed by atoms with Crippen molar-refractivity contribution in [2.45, 2.75) is 0 Å². The Morgan fingerprint density at radius 1 is 1.19 bits per heavy atom. The molecular weight excluding hydrogens is 276 g/mol. The molecule has 0 aliphatic heterocycles. The molecule has 0 fully saturated rings. The van der Waals surface area contributed by atoms with Crippen LogP contribution in [0.1, 0.15) is 10.6 Å². The number of ether oxygens (including phenoxy) is 3. The Hall–Kier alpha value is -2.61. The zero-order valence-corrected chi connectivity index (χ0v) is 11.8. The van der Waals surface area contributed by atoms with Crippen LogP contribution >= 0.6 is 0 Å². The minimum Gasteiger partial charge on any atom is -0.493 e. The molecule has 1 amide bonds. The summed E-state index contributed by atoms with van der Waals surface area (Å²) in [4.78, 5) is 19.1. The molecule has 0 unspecified atom stereocenters. The normalized spacial score (nSPS) is 10.6. The topological polar surface area (TPSA) is 123 Å². The number of hydrogen-bond acceptors (Lipinski definition) is 7. The van der Waals surface area contributed by atoms with E-state index in [1.54, 1.807) is 19.2 Å². The number of nitrogen functional groups attached to an aromatic ring is 1. The number of nitrogens with zero attached hydrogens (tertiary/aromatic N) is 2. The second-order valence-corrected chi connectivity index (χ2v) is 4.16. The quantitative estimate of drug-likeness (QED) is 0.736. The number of carbonyl (C=O) groups is 1. The van der Waals surface area contributed by atoms with E-state index in [4.69, 9.17) is 25.7 Å². The molecule has 8 nitrogen and oxygen atoms in total. The minimum absolute atomic E-state index is 0.143. The van der Waals surface area contributed by atoms with Crippen LogP contribution < -0.4 is 20.9 Å². The molecule has 0 saturated carbocycles. The summed E-state index contributed by atoms with van der Waals surface area (Å²) in [6, 6.07) is 3.27. The van der Waals surface area contributed by atoms with Crippen molar-refractivity contribution in [1.82, 2.24) is 9.97 Å². The Labute approximate surface area is 121 Å². The molecule has 8 heteroatoms. The molecule has 0 saturated heterocycles. The van der Waals surface area contributed by atoms with Gasteiger partial charge in [-0.15, -0.1) is 0 Å². The van der Waals surface area contributed by atoms with Gasteiger partial charge in [0, 0.05) is 18.6 Å². The van der Waals surface area contributed by atoms with E-state index in [-0.39, 0.29) is 11.6 Å².